The number of nitrogens with zero attached hydrogens (tertiary/aromatic N) is 1. The smallest absolute Gasteiger partial charge is 0.320 e. The van der Waals surface area contributed by atoms with Gasteiger partial charge >= 0.3 is 10.8 Å². The number of hydrogen-bond acceptors (Lipinski definition) is 4. The van der Waals surface area contributed by atoms with E-state index < -0.39 is 12.0 Å². The predicted octanol–water partition coefficient (Wildman–Crippen LogP) is 1.06. The van der Waals surface area contributed by atoms with Crippen molar-refractivity contribution < 1.29 is 9.90 Å². The summed E-state index contributed by atoms with van der Waals surface area (Å²) in [6, 6.07) is -0.519. The van der Waals surface area contributed by atoms with E-state index in [4.69, 9.17) is 5.11 Å². The lowest BCUT2D eigenvalue weighted by atomic mass is 10.2. The molecular weight excluding hydrogens is 240 g/mol. The van der Waals surface area contributed by atoms with Gasteiger partial charge in [0, 0.05) is 24.2 Å². The number of nitrogens with one attached hydrogen (secondary N) is 1. The Labute approximate surface area is 104 Å². The first-order chi connectivity index (χ1) is 8.06. The van der Waals surface area contributed by atoms with Gasteiger partial charge in [0.2, 0.25) is 0 Å². The van der Waals surface area contributed by atoms with Crippen LogP contribution in [0.2, 0.25) is 0 Å². The van der Waals surface area contributed by atoms with Crippen molar-refractivity contribution in [2.45, 2.75) is 39.3 Å². The zero-order chi connectivity index (χ0) is 12.8. The van der Waals surface area contributed by atoms with Crippen LogP contribution in [0.25, 0.3) is 0 Å². The van der Waals surface area contributed by atoms with E-state index in [1.165, 1.54) is 11.3 Å². The highest BCUT2D eigenvalue weighted by Gasteiger charge is 2.15. The summed E-state index contributed by atoms with van der Waals surface area (Å²) in [6.45, 7) is 4.83. The maximum absolute atomic E-state index is 11.4. The summed E-state index contributed by atoms with van der Waals surface area (Å²) in [5.41, 5.74) is 0.921. The minimum absolute atomic E-state index is 0.00617. The van der Waals surface area contributed by atoms with Crippen LogP contribution in [-0.4, -0.2) is 28.2 Å². The first-order valence-corrected chi connectivity index (χ1v) is 6.55. The van der Waals surface area contributed by atoms with Crippen molar-refractivity contribution >= 4 is 17.3 Å². The number of aliphatic carboxylic acids is 1. The minimum atomic E-state index is -0.832. The van der Waals surface area contributed by atoms with Gasteiger partial charge in [-0.05, 0) is 13.3 Å². The first-order valence-electron chi connectivity index (χ1n) is 5.67. The van der Waals surface area contributed by atoms with Crippen LogP contribution >= 0.6 is 11.3 Å². The molecule has 6 heteroatoms. The summed E-state index contributed by atoms with van der Waals surface area (Å²) >= 11 is 1.17. The molecule has 1 aromatic rings. The van der Waals surface area contributed by atoms with E-state index in [1.807, 2.05) is 19.2 Å². The SMILES string of the molecule is CCCC(NCCn1c(C)csc1=O)C(=O)O. The van der Waals surface area contributed by atoms with E-state index in [0.717, 1.165) is 12.1 Å². The molecular formula is C11H18N2O3S. The van der Waals surface area contributed by atoms with Gasteiger partial charge in [0.1, 0.15) is 6.04 Å². The van der Waals surface area contributed by atoms with Crippen molar-refractivity contribution in [2.24, 2.45) is 0 Å². The lowest BCUT2D eigenvalue weighted by molar-refractivity contribution is -0.139. The molecule has 0 aromatic carbocycles. The maximum atomic E-state index is 11.4. The van der Waals surface area contributed by atoms with Crippen molar-refractivity contribution in [1.82, 2.24) is 9.88 Å². The molecule has 2 N–H and O–H groups in total. The summed E-state index contributed by atoms with van der Waals surface area (Å²) < 4.78 is 1.66. The fourth-order valence-electron chi connectivity index (χ4n) is 1.63. The summed E-state index contributed by atoms with van der Waals surface area (Å²) in [6.07, 6.45) is 1.42. The molecule has 1 heterocycles. The van der Waals surface area contributed by atoms with Crippen molar-refractivity contribution in [3.63, 3.8) is 0 Å². The molecule has 1 unspecified atom stereocenters. The first kappa shape index (κ1) is 13.9. The van der Waals surface area contributed by atoms with Crippen molar-refractivity contribution in [2.75, 3.05) is 6.54 Å². The zero-order valence-electron chi connectivity index (χ0n) is 10.1. The number of hydrogen-bond donors (Lipinski definition) is 2. The Morgan fingerprint density at radius 3 is 2.82 bits per heavy atom. The van der Waals surface area contributed by atoms with Crippen LogP contribution in [0.5, 0.6) is 0 Å². The third kappa shape index (κ3) is 3.98. The van der Waals surface area contributed by atoms with Crippen LogP contribution in [-0.2, 0) is 11.3 Å². The number of thiazole rings is 1. The second kappa shape index (κ2) is 6.56. The Morgan fingerprint density at radius 1 is 1.65 bits per heavy atom. The lowest BCUT2D eigenvalue weighted by Crippen LogP contribution is -2.39. The average molecular weight is 258 g/mol. The summed E-state index contributed by atoms with van der Waals surface area (Å²) in [7, 11) is 0. The molecule has 0 amide bonds. The van der Waals surface area contributed by atoms with Crippen LogP contribution in [0.15, 0.2) is 10.2 Å². The summed E-state index contributed by atoms with van der Waals surface area (Å²) in [5.74, 6) is -0.832. The Balaban J connectivity index is 2.46. The molecule has 0 bridgehead atoms. The summed E-state index contributed by atoms with van der Waals surface area (Å²) in [5, 5.41) is 13.7. The number of aromatic nitrogens is 1. The van der Waals surface area contributed by atoms with Gasteiger partial charge in [0.25, 0.3) is 0 Å². The molecule has 96 valence electrons. The molecule has 1 atom stereocenters. The third-order valence-corrected chi connectivity index (χ3v) is 3.46. The second-order valence-corrected chi connectivity index (χ2v) is 4.75. The standard InChI is InChI=1S/C11H18N2O3S/c1-3-4-9(10(14)15)12-5-6-13-8(2)7-17-11(13)16/h7,9,12H,3-6H2,1-2H3,(H,14,15). The van der Waals surface area contributed by atoms with E-state index in [1.54, 1.807) is 4.57 Å². The number of carboxylic acids is 1. The molecule has 5 nitrogen and oxygen atoms in total. The highest BCUT2D eigenvalue weighted by molar-refractivity contribution is 7.07. The van der Waals surface area contributed by atoms with E-state index in [2.05, 4.69) is 5.32 Å². The molecule has 0 radical (unpaired) electrons. The highest BCUT2D eigenvalue weighted by atomic mass is 32.1. The molecule has 0 aliphatic rings. The van der Waals surface area contributed by atoms with Gasteiger partial charge in [0.15, 0.2) is 0 Å². The Morgan fingerprint density at radius 2 is 2.35 bits per heavy atom. The lowest BCUT2D eigenvalue weighted by Gasteiger charge is -2.13. The van der Waals surface area contributed by atoms with Gasteiger partial charge in [-0.1, -0.05) is 24.7 Å². The zero-order valence-corrected chi connectivity index (χ0v) is 10.9. The van der Waals surface area contributed by atoms with E-state index >= 15 is 0 Å². The van der Waals surface area contributed by atoms with Gasteiger partial charge < -0.3 is 15.0 Å². The van der Waals surface area contributed by atoms with Gasteiger partial charge in [-0.3, -0.25) is 9.59 Å². The van der Waals surface area contributed by atoms with Crippen LogP contribution in [0.1, 0.15) is 25.5 Å². The van der Waals surface area contributed by atoms with Gasteiger partial charge in [-0.2, -0.15) is 0 Å². The molecule has 17 heavy (non-hydrogen) atoms. The van der Waals surface area contributed by atoms with Crippen LogP contribution in [0.3, 0.4) is 0 Å². The molecule has 0 aliphatic heterocycles. The van der Waals surface area contributed by atoms with Gasteiger partial charge in [-0.25, -0.2) is 0 Å². The molecule has 0 saturated carbocycles. The fraction of sp³-hybridized carbons (Fsp3) is 0.636. The highest BCUT2D eigenvalue weighted by Crippen LogP contribution is 2.00. The topological polar surface area (TPSA) is 71.3 Å². The maximum Gasteiger partial charge on any atom is 0.320 e. The van der Waals surface area contributed by atoms with Crippen molar-refractivity contribution in [3.05, 3.63) is 20.7 Å². The number of aryl methyl sites for hydroxylation is 1. The fourth-order valence-corrected chi connectivity index (χ4v) is 2.39. The Hall–Kier alpha value is -1.14. The molecule has 1 aromatic heterocycles. The van der Waals surface area contributed by atoms with E-state index in [0.29, 0.717) is 19.5 Å². The average Bonchev–Trinajstić information content (AvgIpc) is 2.58. The summed E-state index contributed by atoms with van der Waals surface area (Å²) in [4.78, 5) is 22.3. The third-order valence-electron chi connectivity index (χ3n) is 2.58. The van der Waals surface area contributed by atoms with E-state index in [-0.39, 0.29) is 4.87 Å². The number of carbonyl (C=O) groups is 1. The Kier molecular flexibility index (Phi) is 5.37. The normalized spacial score (nSPS) is 12.6. The van der Waals surface area contributed by atoms with Crippen LogP contribution in [0, 0.1) is 6.92 Å². The second-order valence-electron chi connectivity index (χ2n) is 3.93. The van der Waals surface area contributed by atoms with Crippen molar-refractivity contribution in [1.29, 1.82) is 0 Å². The largest absolute Gasteiger partial charge is 0.480 e. The van der Waals surface area contributed by atoms with Crippen LogP contribution < -0.4 is 10.2 Å². The molecule has 0 aliphatic carbocycles. The molecule has 0 saturated heterocycles. The van der Waals surface area contributed by atoms with Gasteiger partial charge in [0.05, 0.1) is 0 Å². The quantitative estimate of drug-likeness (QED) is 0.767. The van der Waals surface area contributed by atoms with Crippen molar-refractivity contribution in [3.8, 4) is 0 Å². The molecule has 0 spiro atoms. The molecule has 1 rings (SSSR count). The monoisotopic (exact) mass is 258 g/mol. The minimum Gasteiger partial charge on any atom is -0.480 e. The van der Waals surface area contributed by atoms with Gasteiger partial charge in [-0.15, -0.1) is 0 Å². The van der Waals surface area contributed by atoms with Crippen LogP contribution in [0.4, 0.5) is 0 Å². The Bertz CT molecular complexity index is 425. The number of carboxylic acid groups (broad SMARTS) is 1. The van der Waals surface area contributed by atoms with E-state index in [9.17, 15) is 9.59 Å². The molecule has 0 fully saturated rings. The number of rotatable bonds is 7. The predicted molar refractivity (Wildman–Crippen MR) is 67.7 cm³/mol.